The van der Waals surface area contributed by atoms with Gasteiger partial charge in [-0.3, -0.25) is 9.59 Å². The molecule has 0 fully saturated rings. The van der Waals surface area contributed by atoms with Crippen LogP contribution < -0.4 is 10.6 Å². The van der Waals surface area contributed by atoms with E-state index in [1.165, 1.54) is 11.3 Å². The van der Waals surface area contributed by atoms with Gasteiger partial charge in [0.05, 0.1) is 6.54 Å². The predicted octanol–water partition coefficient (Wildman–Crippen LogP) is 3.18. The van der Waals surface area contributed by atoms with Crippen molar-refractivity contribution in [2.45, 2.75) is 0 Å². The van der Waals surface area contributed by atoms with Gasteiger partial charge in [-0.1, -0.05) is 30.3 Å². The summed E-state index contributed by atoms with van der Waals surface area (Å²) < 4.78 is 0. The maximum absolute atomic E-state index is 12.0. The molecule has 0 aliphatic rings. The molecule has 0 bridgehead atoms. The van der Waals surface area contributed by atoms with Crippen LogP contribution in [0.2, 0.25) is 0 Å². The minimum atomic E-state index is -0.282. The van der Waals surface area contributed by atoms with Crippen LogP contribution >= 0.6 is 11.3 Å². The van der Waals surface area contributed by atoms with Crippen LogP contribution in [0.1, 0.15) is 10.4 Å². The highest BCUT2D eigenvalue weighted by Gasteiger charge is 2.08. The fourth-order valence-electron chi connectivity index (χ4n) is 2.15. The van der Waals surface area contributed by atoms with Crippen molar-refractivity contribution >= 4 is 28.8 Å². The second-order valence-corrected chi connectivity index (χ2v) is 5.91. The minimum absolute atomic E-state index is 0.0881. The van der Waals surface area contributed by atoms with E-state index in [0.717, 1.165) is 10.6 Å². The fraction of sp³-hybridized carbons (Fsp3) is 0.0556. The number of carbonyl (C=O) groups is 2. The second-order valence-electron chi connectivity index (χ2n) is 5.01. The van der Waals surface area contributed by atoms with Gasteiger partial charge in [0.1, 0.15) is 5.01 Å². The molecule has 0 atom stereocenters. The minimum Gasteiger partial charge on any atom is -0.343 e. The lowest BCUT2D eigenvalue weighted by molar-refractivity contribution is -0.115. The van der Waals surface area contributed by atoms with E-state index < -0.39 is 0 Å². The number of hydrogen-bond acceptors (Lipinski definition) is 4. The average molecular weight is 337 g/mol. The molecule has 5 nitrogen and oxygen atoms in total. The van der Waals surface area contributed by atoms with Gasteiger partial charge in [-0.05, 0) is 24.3 Å². The van der Waals surface area contributed by atoms with E-state index in [-0.39, 0.29) is 18.4 Å². The summed E-state index contributed by atoms with van der Waals surface area (Å²) in [4.78, 5) is 28.2. The molecule has 1 heterocycles. The first-order valence-corrected chi connectivity index (χ1v) is 8.23. The van der Waals surface area contributed by atoms with Crippen LogP contribution in [0.15, 0.2) is 66.2 Å². The van der Waals surface area contributed by atoms with E-state index in [9.17, 15) is 9.59 Å². The summed E-state index contributed by atoms with van der Waals surface area (Å²) in [6.45, 7) is -0.0881. The van der Waals surface area contributed by atoms with Gasteiger partial charge in [-0.25, -0.2) is 4.98 Å². The van der Waals surface area contributed by atoms with E-state index in [1.54, 1.807) is 36.5 Å². The zero-order chi connectivity index (χ0) is 16.8. The molecule has 2 aromatic carbocycles. The number of nitrogens with one attached hydrogen (secondary N) is 2. The van der Waals surface area contributed by atoms with Crippen LogP contribution in [0.3, 0.4) is 0 Å². The smallest absolute Gasteiger partial charge is 0.251 e. The van der Waals surface area contributed by atoms with Gasteiger partial charge in [-0.2, -0.15) is 0 Å². The number of nitrogens with zero attached hydrogens (tertiary/aromatic N) is 1. The summed E-state index contributed by atoms with van der Waals surface area (Å²) in [7, 11) is 0. The summed E-state index contributed by atoms with van der Waals surface area (Å²) in [5, 5.41) is 8.17. The van der Waals surface area contributed by atoms with Crippen LogP contribution in [0, 0.1) is 0 Å². The highest BCUT2D eigenvalue weighted by atomic mass is 32.1. The summed E-state index contributed by atoms with van der Waals surface area (Å²) >= 11 is 1.53. The van der Waals surface area contributed by atoms with Crippen LogP contribution in [-0.4, -0.2) is 23.3 Å². The van der Waals surface area contributed by atoms with E-state index in [1.807, 2.05) is 29.6 Å². The van der Waals surface area contributed by atoms with Crippen molar-refractivity contribution in [3.63, 3.8) is 0 Å². The van der Waals surface area contributed by atoms with Crippen LogP contribution in [0.5, 0.6) is 0 Å². The first-order valence-electron chi connectivity index (χ1n) is 7.35. The van der Waals surface area contributed by atoms with Gasteiger partial charge in [0.2, 0.25) is 5.91 Å². The largest absolute Gasteiger partial charge is 0.343 e. The number of aromatic nitrogens is 1. The Kier molecular flexibility index (Phi) is 4.98. The van der Waals surface area contributed by atoms with Gasteiger partial charge in [0.15, 0.2) is 0 Å². The third-order valence-electron chi connectivity index (χ3n) is 3.27. The molecule has 0 unspecified atom stereocenters. The Morgan fingerprint density at radius 2 is 1.88 bits per heavy atom. The summed E-state index contributed by atoms with van der Waals surface area (Å²) in [6.07, 6.45) is 1.74. The number of rotatable bonds is 5. The topological polar surface area (TPSA) is 71.1 Å². The molecule has 0 aliphatic heterocycles. The van der Waals surface area contributed by atoms with Gasteiger partial charge in [0.25, 0.3) is 5.91 Å². The zero-order valence-corrected chi connectivity index (χ0v) is 13.5. The van der Waals surface area contributed by atoms with E-state index >= 15 is 0 Å². The lowest BCUT2D eigenvalue weighted by Crippen LogP contribution is -2.32. The van der Waals surface area contributed by atoms with E-state index in [4.69, 9.17) is 0 Å². The first-order chi connectivity index (χ1) is 11.7. The molecule has 120 valence electrons. The number of hydrogen-bond donors (Lipinski definition) is 2. The number of carbonyl (C=O) groups excluding carboxylic acids is 2. The molecule has 0 saturated heterocycles. The average Bonchev–Trinajstić information content (AvgIpc) is 3.15. The number of amides is 2. The molecule has 24 heavy (non-hydrogen) atoms. The fourth-order valence-corrected chi connectivity index (χ4v) is 2.79. The first kappa shape index (κ1) is 15.9. The van der Waals surface area contributed by atoms with Gasteiger partial charge < -0.3 is 10.6 Å². The highest BCUT2D eigenvalue weighted by molar-refractivity contribution is 7.13. The third kappa shape index (κ3) is 4.05. The third-order valence-corrected chi connectivity index (χ3v) is 4.09. The van der Waals surface area contributed by atoms with Crippen molar-refractivity contribution < 1.29 is 9.59 Å². The molecular weight excluding hydrogens is 322 g/mol. The lowest BCUT2D eigenvalue weighted by atomic mass is 10.2. The van der Waals surface area contributed by atoms with Crippen molar-refractivity contribution in [3.05, 3.63) is 71.7 Å². The van der Waals surface area contributed by atoms with Crippen molar-refractivity contribution in [2.75, 3.05) is 11.9 Å². The zero-order valence-electron chi connectivity index (χ0n) is 12.7. The van der Waals surface area contributed by atoms with Crippen molar-refractivity contribution in [1.82, 2.24) is 10.3 Å². The lowest BCUT2D eigenvalue weighted by Gasteiger charge is -2.08. The standard InChI is InChI=1S/C18H15N3O2S/c22-16(12-20-17(23)13-5-2-1-3-6-13)21-15-8-4-7-14(11-15)18-19-9-10-24-18/h1-11H,12H2,(H,20,23)(H,21,22). The van der Waals surface area contributed by atoms with Crippen molar-refractivity contribution in [2.24, 2.45) is 0 Å². The second kappa shape index (κ2) is 7.52. The maximum Gasteiger partial charge on any atom is 0.251 e. The van der Waals surface area contributed by atoms with Crippen molar-refractivity contribution in [1.29, 1.82) is 0 Å². The van der Waals surface area contributed by atoms with E-state index in [0.29, 0.717) is 11.3 Å². The van der Waals surface area contributed by atoms with Gasteiger partial charge in [0, 0.05) is 28.4 Å². The molecule has 0 aliphatic carbocycles. The number of thiazole rings is 1. The predicted molar refractivity (Wildman–Crippen MR) is 95.0 cm³/mol. The molecule has 3 rings (SSSR count). The molecule has 0 radical (unpaired) electrons. The summed E-state index contributed by atoms with van der Waals surface area (Å²) in [6, 6.07) is 16.2. The molecule has 2 N–H and O–H groups in total. The molecule has 6 heteroatoms. The quantitative estimate of drug-likeness (QED) is 0.751. The Labute approximate surface area is 143 Å². The number of anilines is 1. The number of benzene rings is 2. The monoisotopic (exact) mass is 337 g/mol. The van der Waals surface area contributed by atoms with Crippen molar-refractivity contribution in [3.8, 4) is 10.6 Å². The van der Waals surface area contributed by atoms with Gasteiger partial charge >= 0.3 is 0 Å². The Bertz CT molecular complexity index is 832. The molecule has 2 amide bonds. The van der Waals surface area contributed by atoms with Crippen LogP contribution in [0.4, 0.5) is 5.69 Å². The highest BCUT2D eigenvalue weighted by Crippen LogP contribution is 2.24. The molecule has 1 aromatic heterocycles. The van der Waals surface area contributed by atoms with Gasteiger partial charge in [-0.15, -0.1) is 11.3 Å². The molecule has 0 spiro atoms. The SMILES string of the molecule is O=C(CNC(=O)c1ccccc1)Nc1cccc(-c2nccs2)c1. The molecule has 3 aromatic rings. The van der Waals surface area contributed by atoms with E-state index in [2.05, 4.69) is 15.6 Å². The summed E-state index contributed by atoms with van der Waals surface area (Å²) in [5.74, 6) is -0.558. The molecular formula is C18H15N3O2S. The Hall–Kier alpha value is -2.99. The Morgan fingerprint density at radius 3 is 2.62 bits per heavy atom. The Balaban J connectivity index is 1.57. The van der Waals surface area contributed by atoms with Crippen LogP contribution in [-0.2, 0) is 4.79 Å². The maximum atomic E-state index is 12.0. The summed E-state index contributed by atoms with van der Waals surface area (Å²) in [5.41, 5.74) is 2.13. The normalized spacial score (nSPS) is 10.2. The van der Waals surface area contributed by atoms with Crippen LogP contribution in [0.25, 0.3) is 10.6 Å². The molecule has 0 saturated carbocycles. The Morgan fingerprint density at radius 1 is 1.04 bits per heavy atom.